The van der Waals surface area contributed by atoms with Crippen LogP contribution in [0.3, 0.4) is 0 Å². The van der Waals surface area contributed by atoms with Crippen molar-refractivity contribution in [3.8, 4) is 0 Å². The predicted molar refractivity (Wildman–Crippen MR) is 41.8 cm³/mol. The van der Waals surface area contributed by atoms with Crippen LogP contribution in [0, 0.1) is 0 Å². The lowest BCUT2D eigenvalue weighted by atomic mass is 10.2. The Morgan fingerprint density at radius 3 is 2.17 bits per heavy atom. The zero-order chi connectivity index (χ0) is 9.19. The fourth-order valence-electron chi connectivity index (χ4n) is 0.795. The van der Waals surface area contributed by atoms with Crippen LogP contribution in [-0.4, -0.2) is 7.11 Å². The highest BCUT2D eigenvalue weighted by Gasteiger charge is 2.30. The highest BCUT2D eigenvalue weighted by atomic mass is 19.3. The highest BCUT2D eigenvalue weighted by Crippen LogP contribution is 2.28. The number of nitrogen functional groups attached to an aromatic ring is 1. The van der Waals surface area contributed by atoms with Crippen molar-refractivity contribution in [2.45, 2.75) is 6.11 Å². The first-order chi connectivity index (χ1) is 5.56. The van der Waals surface area contributed by atoms with Crippen LogP contribution in [0.15, 0.2) is 24.3 Å². The zero-order valence-corrected chi connectivity index (χ0v) is 6.55. The van der Waals surface area contributed by atoms with Gasteiger partial charge in [-0.2, -0.15) is 8.78 Å². The Balaban J connectivity index is 2.96. The van der Waals surface area contributed by atoms with Crippen LogP contribution >= 0.6 is 0 Å². The second kappa shape index (κ2) is 3.06. The molecule has 0 spiro atoms. The van der Waals surface area contributed by atoms with Crippen LogP contribution in [0.4, 0.5) is 14.5 Å². The van der Waals surface area contributed by atoms with E-state index >= 15 is 0 Å². The number of nitrogens with two attached hydrogens (primary N) is 1. The molecule has 0 aliphatic heterocycles. The van der Waals surface area contributed by atoms with Crippen molar-refractivity contribution in [3.05, 3.63) is 29.8 Å². The third kappa shape index (κ3) is 1.71. The quantitative estimate of drug-likeness (QED) is 0.694. The SMILES string of the molecule is COC(F)(F)c1ccc(N)cc1. The van der Waals surface area contributed by atoms with Gasteiger partial charge in [-0.15, -0.1) is 0 Å². The van der Waals surface area contributed by atoms with E-state index < -0.39 is 6.11 Å². The monoisotopic (exact) mass is 173 g/mol. The number of benzene rings is 1. The molecule has 66 valence electrons. The summed E-state index contributed by atoms with van der Waals surface area (Å²) < 4.78 is 29.5. The first-order valence-corrected chi connectivity index (χ1v) is 3.35. The topological polar surface area (TPSA) is 35.2 Å². The second-order valence-corrected chi connectivity index (χ2v) is 2.34. The van der Waals surface area contributed by atoms with E-state index in [1.165, 1.54) is 24.3 Å². The third-order valence-corrected chi connectivity index (χ3v) is 1.50. The molecule has 1 aromatic rings. The van der Waals surface area contributed by atoms with E-state index in [0.717, 1.165) is 7.11 Å². The molecule has 0 amide bonds. The van der Waals surface area contributed by atoms with E-state index in [4.69, 9.17) is 5.73 Å². The lowest BCUT2D eigenvalue weighted by molar-refractivity contribution is -0.231. The van der Waals surface area contributed by atoms with Gasteiger partial charge in [0, 0.05) is 12.8 Å². The lowest BCUT2D eigenvalue weighted by Gasteiger charge is -2.13. The number of hydrogen-bond acceptors (Lipinski definition) is 2. The number of alkyl halides is 2. The summed E-state index contributed by atoms with van der Waals surface area (Å²) in [7, 11) is 0.955. The van der Waals surface area contributed by atoms with Gasteiger partial charge in [0.15, 0.2) is 0 Å². The van der Waals surface area contributed by atoms with E-state index in [1.54, 1.807) is 0 Å². The number of ether oxygens (including phenoxy) is 1. The Hall–Kier alpha value is -1.16. The summed E-state index contributed by atoms with van der Waals surface area (Å²) in [5.74, 6) is 0. The maximum atomic E-state index is 12.8. The van der Waals surface area contributed by atoms with E-state index in [9.17, 15) is 8.78 Å². The number of hydrogen-bond donors (Lipinski definition) is 1. The summed E-state index contributed by atoms with van der Waals surface area (Å²) in [6.07, 6.45) is -3.23. The molecular weight excluding hydrogens is 164 g/mol. The first kappa shape index (κ1) is 8.93. The Bertz CT molecular complexity index is 258. The molecule has 2 nitrogen and oxygen atoms in total. The molecule has 0 heterocycles. The molecule has 12 heavy (non-hydrogen) atoms. The van der Waals surface area contributed by atoms with Gasteiger partial charge in [-0.1, -0.05) is 0 Å². The van der Waals surface area contributed by atoms with Gasteiger partial charge in [-0.25, -0.2) is 0 Å². The van der Waals surface area contributed by atoms with Crippen LogP contribution in [0.2, 0.25) is 0 Å². The minimum absolute atomic E-state index is 0.195. The Labute approximate surface area is 68.9 Å². The van der Waals surface area contributed by atoms with Crippen LogP contribution in [-0.2, 0) is 10.8 Å². The van der Waals surface area contributed by atoms with Crippen molar-refractivity contribution in [2.75, 3.05) is 12.8 Å². The summed E-state index contributed by atoms with van der Waals surface area (Å²) in [6.45, 7) is 0. The zero-order valence-electron chi connectivity index (χ0n) is 6.55. The number of halogens is 2. The summed E-state index contributed by atoms with van der Waals surface area (Å²) in [5.41, 5.74) is 5.58. The van der Waals surface area contributed by atoms with Gasteiger partial charge in [0.1, 0.15) is 0 Å². The summed E-state index contributed by atoms with van der Waals surface area (Å²) in [6, 6.07) is 5.28. The fraction of sp³-hybridized carbons (Fsp3) is 0.250. The largest absolute Gasteiger partial charge is 0.399 e. The van der Waals surface area contributed by atoms with E-state index in [1.807, 2.05) is 0 Å². The molecular formula is C8H9F2NO. The summed E-state index contributed by atoms with van der Waals surface area (Å²) in [5, 5.41) is 0. The molecule has 0 radical (unpaired) electrons. The van der Waals surface area contributed by atoms with Crippen LogP contribution in [0.25, 0.3) is 0 Å². The minimum Gasteiger partial charge on any atom is -0.399 e. The van der Waals surface area contributed by atoms with Crippen LogP contribution in [0.1, 0.15) is 5.56 Å². The molecule has 0 atom stereocenters. The van der Waals surface area contributed by atoms with Gasteiger partial charge >= 0.3 is 6.11 Å². The fourth-order valence-corrected chi connectivity index (χ4v) is 0.795. The molecule has 1 aromatic carbocycles. The lowest BCUT2D eigenvalue weighted by Crippen LogP contribution is -2.15. The molecule has 0 aliphatic rings. The van der Waals surface area contributed by atoms with Gasteiger partial charge in [0.25, 0.3) is 0 Å². The third-order valence-electron chi connectivity index (χ3n) is 1.50. The van der Waals surface area contributed by atoms with Crippen molar-refractivity contribution in [1.29, 1.82) is 0 Å². The molecule has 0 unspecified atom stereocenters. The van der Waals surface area contributed by atoms with Gasteiger partial charge < -0.3 is 10.5 Å². The summed E-state index contributed by atoms with van der Waals surface area (Å²) >= 11 is 0. The highest BCUT2D eigenvalue weighted by molar-refractivity contribution is 5.39. The molecule has 0 aliphatic carbocycles. The minimum atomic E-state index is -3.23. The smallest absolute Gasteiger partial charge is 0.383 e. The average Bonchev–Trinajstić information content (AvgIpc) is 2.05. The number of anilines is 1. The van der Waals surface area contributed by atoms with Crippen molar-refractivity contribution in [2.24, 2.45) is 0 Å². The van der Waals surface area contributed by atoms with Crippen molar-refractivity contribution in [1.82, 2.24) is 0 Å². The van der Waals surface area contributed by atoms with Gasteiger partial charge in [0.05, 0.1) is 5.56 Å². The van der Waals surface area contributed by atoms with Crippen LogP contribution in [0.5, 0.6) is 0 Å². The molecule has 0 fully saturated rings. The standard InChI is InChI=1S/C8H9F2NO/c1-12-8(9,10)6-2-4-7(11)5-3-6/h2-5H,11H2,1H3. The molecule has 0 aromatic heterocycles. The maximum absolute atomic E-state index is 12.8. The average molecular weight is 173 g/mol. The maximum Gasteiger partial charge on any atom is 0.383 e. The van der Waals surface area contributed by atoms with Gasteiger partial charge in [-0.3, -0.25) is 0 Å². The number of rotatable bonds is 2. The van der Waals surface area contributed by atoms with Crippen molar-refractivity contribution in [3.63, 3.8) is 0 Å². The second-order valence-electron chi connectivity index (χ2n) is 2.34. The molecule has 2 N–H and O–H groups in total. The van der Waals surface area contributed by atoms with Gasteiger partial charge in [-0.05, 0) is 24.3 Å². The van der Waals surface area contributed by atoms with Crippen LogP contribution < -0.4 is 5.73 Å². The molecule has 0 saturated heterocycles. The number of methoxy groups -OCH3 is 1. The van der Waals surface area contributed by atoms with Crippen molar-refractivity contribution < 1.29 is 13.5 Å². The normalized spacial score (nSPS) is 11.6. The molecule has 1 rings (SSSR count). The Morgan fingerprint density at radius 1 is 1.25 bits per heavy atom. The van der Waals surface area contributed by atoms with Crippen molar-refractivity contribution >= 4 is 5.69 Å². The van der Waals surface area contributed by atoms with E-state index in [2.05, 4.69) is 4.74 Å². The Kier molecular flexibility index (Phi) is 2.28. The molecule has 4 heteroatoms. The Morgan fingerprint density at radius 2 is 1.75 bits per heavy atom. The predicted octanol–water partition coefficient (Wildman–Crippen LogP) is 1.96. The molecule has 0 saturated carbocycles. The van der Waals surface area contributed by atoms with E-state index in [0.29, 0.717) is 5.69 Å². The molecule has 0 bridgehead atoms. The summed E-state index contributed by atoms with van der Waals surface area (Å²) in [4.78, 5) is 0. The van der Waals surface area contributed by atoms with Gasteiger partial charge in [0.2, 0.25) is 0 Å². The van der Waals surface area contributed by atoms with E-state index in [-0.39, 0.29) is 5.56 Å². The first-order valence-electron chi connectivity index (χ1n) is 3.35.